The zero-order chi connectivity index (χ0) is 42.4. The van der Waals surface area contributed by atoms with Crippen LogP contribution in [0.3, 0.4) is 0 Å². The number of fused-ring (bicyclic) bond motifs is 6. The molecular formula is C55H52N6. The lowest BCUT2D eigenvalue weighted by molar-refractivity contribution is 0.569. The van der Waals surface area contributed by atoms with Crippen molar-refractivity contribution in [3.63, 3.8) is 0 Å². The standard InChI is InChI=1S/C55H52N6/c1-53(2,3)36-27-28-56-48(32-36)61-46-22-16-13-19-40(46)42-24-23-39(33-47(42)61)60-45-21-15-14-20-41(45)43-25-26-44(57-52(43)60)51-49(50(58-59-51)34-17-11-10-12-18-34)35-29-37(54(4,5)6)31-38(30-35)55(7,8)9/h10-33H,1-9H3,(H,58,59). The number of rotatable bonds is 5. The van der Waals surface area contributed by atoms with E-state index in [0.717, 1.165) is 78.2 Å². The third-order valence-corrected chi connectivity index (χ3v) is 12.3. The van der Waals surface area contributed by atoms with E-state index in [1.165, 1.54) is 27.5 Å². The Bertz CT molecular complexity index is 3270. The highest BCUT2D eigenvalue weighted by Gasteiger charge is 2.26. The summed E-state index contributed by atoms with van der Waals surface area (Å²) in [6.07, 6.45) is 1.94. The number of pyridine rings is 2. The van der Waals surface area contributed by atoms with Crippen molar-refractivity contribution in [3.05, 3.63) is 162 Å². The van der Waals surface area contributed by atoms with Gasteiger partial charge in [0.1, 0.15) is 17.2 Å². The molecular weight excluding hydrogens is 745 g/mol. The van der Waals surface area contributed by atoms with Gasteiger partial charge in [0.05, 0.1) is 27.9 Å². The Hall–Kier alpha value is -6.79. The number of aromatic nitrogens is 6. The Morgan fingerprint density at radius 3 is 1.74 bits per heavy atom. The molecule has 0 saturated heterocycles. The van der Waals surface area contributed by atoms with Crippen molar-refractivity contribution in [3.8, 4) is 45.3 Å². The van der Waals surface area contributed by atoms with Crippen LogP contribution in [0.2, 0.25) is 0 Å². The molecule has 0 atom stereocenters. The van der Waals surface area contributed by atoms with Gasteiger partial charge in [0.25, 0.3) is 0 Å². The van der Waals surface area contributed by atoms with Crippen LogP contribution in [-0.2, 0) is 16.2 Å². The molecule has 0 unspecified atom stereocenters. The second-order valence-corrected chi connectivity index (χ2v) is 19.6. The fourth-order valence-corrected chi connectivity index (χ4v) is 8.84. The molecule has 0 fully saturated rings. The summed E-state index contributed by atoms with van der Waals surface area (Å²) in [4.78, 5) is 10.6. The third kappa shape index (κ3) is 6.53. The van der Waals surface area contributed by atoms with Crippen LogP contribution in [0.1, 0.15) is 79.0 Å². The smallest absolute Gasteiger partial charge is 0.146 e. The number of hydrogen-bond donors (Lipinski definition) is 1. The van der Waals surface area contributed by atoms with Gasteiger partial charge in [-0.2, -0.15) is 5.10 Å². The molecule has 0 saturated carbocycles. The molecule has 0 radical (unpaired) electrons. The zero-order valence-electron chi connectivity index (χ0n) is 36.6. The molecule has 6 nitrogen and oxygen atoms in total. The Labute approximate surface area is 357 Å². The molecule has 0 bridgehead atoms. The van der Waals surface area contributed by atoms with Crippen LogP contribution in [-0.4, -0.2) is 29.3 Å². The van der Waals surface area contributed by atoms with Crippen molar-refractivity contribution in [2.75, 3.05) is 0 Å². The average molecular weight is 797 g/mol. The van der Waals surface area contributed by atoms with Gasteiger partial charge in [0.2, 0.25) is 0 Å². The number of nitrogens with zero attached hydrogens (tertiary/aromatic N) is 5. The molecule has 0 aliphatic rings. The monoisotopic (exact) mass is 796 g/mol. The van der Waals surface area contributed by atoms with E-state index in [4.69, 9.17) is 15.1 Å². The molecule has 5 aromatic heterocycles. The van der Waals surface area contributed by atoms with Crippen molar-refractivity contribution in [2.24, 2.45) is 0 Å². The van der Waals surface area contributed by atoms with Gasteiger partial charge in [-0.15, -0.1) is 0 Å². The van der Waals surface area contributed by atoms with Crippen LogP contribution in [0.5, 0.6) is 0 Å². The van der Waals surface area contributed by atoms with Crippen LogP contribution in [0.15, 0.2) is 146 Å². The van der Waals surface area contributed by atoms with E-state index < -0.39 is 0 Å². The first-order valence-electron chi connectivity index (χ1n) is 21.4. The number of nitrogens with one attached hydrogen (secondary N) is 1. The van der Waals surface area contributed by atoms with E-state index in [0.29, 0.717) is 0 Å². The lowest BCUT2D eigenvalue weighted by Crippen LogP contribution is -2.16. The third-order valence-electron chi connectivity index (χ3n) is 12.3. The van der Waals surface area contributed by atoms with Crippen LogP contribution in [0, 0.1) is 0 Å². The quantitative estimate of drug-likeness (QED) is 0.189. The molecule has 61 heavy (non-hydrogen) atoms. The summed E-state index contributed by atoms with van der Waals surface area (Å²) in [5, 5.41) is 13.2. The van der Waals surface area contributed by atoms with Gasteiger partial charge in [-0.05, 0) is 87.0 Å². The molecule has 5 aromatic carbocycles. The lowest BCUT2D eigenvalue weighted by Gasteiger charge is -2.26. The maximum absolute atomic E-state index is 5.61. The SMILES string of the molecule is CC(C)(C)c1cc(-c2c(-c3ccccc3)n[nH]c2-c2ccc3c4ccccc4n(-c4ccc5c6ccccc6n(-c6cc(C(C)(C)C)ccn6)c5c4)c3n2)cc(C(C)(C)C)c1. The van der Waals surface area contributed by atoms with Crippen molar-refractivity contribution >= 4 is 43.7 Å². The minimum atomic E-state index is -0.0524. The molecule has 10 rings (SSSR count). The first-order chi connectivity index (χ1) is 29.1. The predicted octanol–water partition coefficient (Wildman–Crippen LogP) is 14.3. The summed E-state index contributed by atoms with van der Waals surface area (Å²) in [7, 11) is 0. The number of H-pyrrole nitrogens is 1. The molecule has 10 aromatic rings. The minimum absolute atomic E-state index is 0.0192. The number of para-hydroxylation sites is 2. The predicted molar refractivity (Wildman–Crippen MR) is 255 cm³/mol. The summed E-state index contributed by atoms with van der Waals surface area (Å²) in [5.74, 6) is 0.907. The van der Waals surface area contributed by atoms with Gasteiger partial charge < -0.3 is 0 Å². The summed E-state index contributed by atoms with van der Waals surface area (Å²) in [6, 6.07) is 50.4. The summed E-state index contributed by atoms with van der Waals surface area (Å²) in [5.41, 5.74) is 14.8. The van der Waals surface area contributed by atoms with E-state index in [2.05, 4.69) is 216 Å². The number of aromatic amines is 1. The van der Waals surface area contributed by atoms with Gasteiger partial charge in [0, 0.05) is 44.6 Å². The van der Waals surface area contributed by atoms with E-state index >= 15 is 0 Å². The van der Waals surface area contributed by atoms with Crippen molar-refractivity contribution in [1.82, 2.24) is 29.3 Å². The van der Waals surface area contributed by atoms with Gasteiger partial charge in [-0.1, -0.05) is 153 Å². The lowest BCUT2D eigenvalue weighted by atomic mass is 9.78. The van der Waals surface area contributed by atoms with Crippen LogP contribution < -0.4 is 0 Å². The van der Waals surface area contributed by atoms with Crippen LogP contribution >= 0.6 is 0 Å². The van der Waals surface area contributed by atoms with E-state index in [1.807, 2.05) is 6.20 Å². The Balaban J connectivity index is 1.23. The molecule has 6 heteroatoms. The number of hydrogen-bond acceptors (Lipinski definition) is 3. The number of benzene rings is 5. The summed E-state index contributed by atoms with van der Waals surface area (Å²) in [6.45, 7) is 20.5. The molecule has 0 aliphatic heterocycles. The highest BCUT2D eigenvalue weighted by atomic mass is 15.1. The first kappa shape index (κ1) is 38.4. The van der Waals surface area contributed by atoms with Gasteiger partial charge in [-0.25, -0.2) is 9.97 Å². The molecule has 302 valence electrons. The van der Waals surface area contributed by atoms with Crippen molar-refractivity contribution in [2.45, 2.75) is 78.6 Å². The maximum Gasteiger partial charge on any atom is 0.146 e. The Morgan fingerprint density at radius 2 is 1.07 bits per heavy atom. The highest BCUT2D eigenvalue weighted by Crippen LogP contribution is 2.43. The van der Waals surface area contributed by atoms with E-state index in [1.54, 1.807) is 0 Å². The first-order valence-corrected chi connectivity index (χ1v) is 21.4. The van der Waals surface area contributed by atoms with Crippen molar-refractivity contribution < 1.29 is 0 Å². The van der Waals surface area contributed by atoms with Gasteiger partial charge >= 0.3 is 0 Å². The van der Waals surface area contributed by atoms with Crippen molar-refractivity contribution in [1.29, 1.82) is 0 Å². The van der Waals surface area contributed by atoms with E-state index in [-0.39, 0.29) is 16.2 Å². The van der Waals surface area contributed by atoms with Crippen LogP contribution in [0.4, 0.5) is 0 Å². The molecule has 0 spiro atoms. The molecule has 0 amide bonds. The highest BCUT2D eigenvalue weighted by molar-refractivity contribution is 6.11. The Morgan fingerprint density at radius 1 is 0.475 bits per heavy atom. The largest absolute Gasteiger partial charge is 0.294 e. The fourth-order valence-electron chi connectivity index (χ4n) is 8.84. The topological polar surface area (TPSA) is 64.3 Å². The molecule has 1 N–H and O–H groups in total. The summed E-state index contributed by atoms with van der Waals surface area (Å²) < 4.78 is 4.64. The zero-order valence-corrected chi connectivity index (χ0v) is 36.6. The Kier molecular flexibility index (Phi) is 8.74. The second-order valence-electron chi connectivity index (χ2n) is 19.6. The molecule has 0 aliphatic carbocycles. The van der Waals surface area contributed by atoms with E-state index in [9.17, 15) is 0 Å². The fraction of sp³-hybridized carbons (Fsp3) is 0.218. The molecule has 5 heterocycles. The normalized spacial score (nSPS) is 12.7. The minimum Gasteiger partial charge on any atom is -0.294 e. The average Bonchev–Trinajstić information content (AvgIpc) is 3.93. The maximum atomic E-state index is 5.61. The van der Waals surface area contributed by atoms with Gasteiger partial charge in [0.15, 0.2) is 0 Å². The van der Waals surface area contributed by atoms with Crippen LogP contribution in [0.25, 0.3) is 89.0 Å². The van der Waals surface area contributed by atoms with Gasteiger partial charge in [-0.3, -0.25) is 14.2 Å². The summed E-state index contributed by atoms with van der Waals surface area (Å²) >= 11 is 0. The second kappa shape index (κ2) is 13.9.